The third kappa shape index (κ3) is 10.4. The Hall–Kier alpha value is -10.5. The molecule has 2 heteroatoms. The van der Waals surface area contributed by atoms with E-state index in [2.05, 4.69) is 350 Å². The molecule has 0 saturated carbocycles. The van der Waals surface area contributed by atoms with Crippen molar-refractivity contribution in [2.45, 2.75) is 0 Å². The third-order valence-corrected chi connectivity index (χ3v) is 15.0. The van der Waals surface area contributed by atoms with E-state index in [0.717, 1.165) is 78.6 Å². The zero-order chi connectivity index (χ0) is 53.5. The molecule has 0 unspecified atom stereocenters. The Morgan fingerprint density at radius 3 is 0.775 bits per heavy atom. The third-order valence-electron chi connectivity index (χ3n) is 15.0. The van der Waals surface area contributed by atoms with Gasteiger partial charge in [0.05, 0.1) is 0 Å². The molecule has 13 aromatic carbocycles. The topological polar surface area (TPSA) is 6.48 Å². The summed E-state index contributed by atoms with van der Waals surface area (Å²) in [7, 11) is 0. The monoisotopic (exact) mass is 1020 g/mol. The van der Waals surface area contributed by atoms with Crippen LogP contribution in [0.15, 0.2) is 315 Å². The van der Waals surface area contributed by atoms with Crippen molar-refractivity contribution in [2.24, 2.45) is 0 Å². The zero-order valence-electron chi connectivity index (χ0n) is 44.2. The summed E-state index contributed by atoms with van der Waals surface area (Å²) in [6.45, 7) is 0. The molecule has 0 aromatic heterocycles. The first-order valence-corrected chi connectivity index (χ1v) is 27.4. The van der Waals surface area contributed by atoms with Gasteiger partial charge in [-0.2, -0.15) is 0 Å². The highest BCUT2D eigenvalue weighted by atomic mass is 15.1. The SMILES string of the molecule is C(=C\c1cccc(-c2ccc3c(-c4ccc(N(c5ccccc5)c5ccccc5)cc4)c4cc(-c5cccc(/C=C/c6ccccc6)c5)ccc4c(-c4ccc(N(c5ccccc5)c5ccccc5)cc4)c3c2)c1)/c1ccccc1. The lowest BCUT2D eigenvalue weighted by molar-refractivity contribution is 1.28. The van der Waals surface area contributed by atoms with E-state index in [0.29, 0.717) is 0 Å². The number of benzene rings is 13. The van der Waals surface area contributed by atoms with Crippen molar-refractivity contribution in [1.29, 1.82) is 0 Å². The highest BCUT2D eigenvalue weighted by Crippen LogP contribution is 2.48. The minimum Gasteiger partial charge on any atom is -0.311 e. The molecule has 0 fully saturated rings. The minimum atomic E-state index is 1.08. The predicted molar refractivity (Wildman–Crippen MR) is 343 cm³/mol. The lowest BCUT2D eigenvalue weighted by Gasteiger charge is -2.26. The Kier molecular flexibility index (Phi) is 13.8. The minimum absolute atomic E-state index is 1.08. The van der Waals surface area contributed by atoms with Crippen LogP contribution in [-0.4, -0.2) is 0 Å². The number of anilines is 6. The smallest absolute Gasteiger partial charge is 0.0462 e. The van der Waals surface area contributed by atoms with E-state index in [-0.39, 0.29) is 0 Å². The first-order valence-electron chi connectivity index (χ1n) is 27.4. The largest absolute Gasteiger partial charge is 0.311 e. The van der Waals surface area contributed by atoms with Gasteiger partial charge in [-0.1, -0.05) is 243 Å². The van der Waals surface area contributed by atoms with Gasteiger partial charge < -0.3 is 9.80 Å². The Balaban J connectivity index is 1.02. The lowest BCUT2D eigenvalue weighted by Crippen LogP contribution is -2.09. The molecule has 0 amide bonds. The summed E-state index contributed by atoms with van der Waals surface area (Å²) in [5, 5.41) is 4.74. The molecule has 0 radical (unpaired) electrons. The van der Waals surface area contributed by atoms with E-state index < -0.39 is 0 Å². The Labute approximate surface area is 469 Å². The summed E-state index contributed by atoms with van der Waals surface area (Å²) >= 11 is 0. The maximum Gasteiger partial charge on any atom is 0.0462 e. The molecular formula is C78H56N2. The lowest BCUT2D eigenvalue weighted by atomic mass is 9.83. The molecule has 80 heavy (non-hydrogen) atoms. The first-order chi connectivity index (χ1) is 39.7. The molecule has 0 aliphatic heterocycles. The van der Waals surface area contributed by atoms with Crippen molar-refractivity contribution in [3.63, 3.8) is 0 Å². The van der Waals surface area contributed by atoms with Gasteiger partial charge in [0.15, 0.2) is 0 Å². The van der Waals surface area contributed by atoms with Crippen LogP contribution in [0.4, 0.5) is 34.1 Å². The molecule has 0 saturated heterocycles. The fourth-order valence-electron chi connectivity index (χ4n) is 11.1. The Morgan fingerprint density at radius 2 is 0.438 bits per heavy atom. The summed E-state index contributed by atoms with van der Waals surface area (Å²) in [5.41, 5.74) is 20.5. The molecule has 0 atom stereocenters. The van der Waals surface area contributed by atoms with Gasteiger partial charge in [-0.3, -0.25) is 0 Å². The first kappa shape index (κ1) is 49.1. The van der Waals surface area contributed by atoms with Gasteiger partial charge in [-0.15, -0.1) is 0 Å². The number of hydrogen-bond donors (Lipinski definition) is 0. The van der Waals surface area contributed by atoms with E-state index in [1.807, 2.05) is 0 Å². The molecule has 0 aliphatic carbocycles. The summed E-state index contributed by atoms with van der Waals surface area (Å²) in [5.74, 6) is 0. The molecule has 0 N–H and O–H groups in total. The molecular weight excluding hydrogens is 965 g/mol. The van der Waals surface area contributed by atoms with Gasteiger partial charge in [0.25, 0.3) is 0 Å². The Morgan fingerprint density at radius 1 is 0.175 bits per heavy atom. The second-order valence-electron chi connectivity index (χ2n) is 20.1. The van der Waals surface area contributed by atoms with Gasteiger partial charge in [0.1, 0.15) is 0 Å². The molecule has 0 bridgehead atoms. The molecule has 13 aromatic rings. The molecule has 0 heterocycles. The number of nitrogens with zero attached hydrogens (tertiary/aromatic N) is 2. The second kappa shape index (κ2) is 22.6. The van der Waals surface area contributed by atoms with E-state index in [9.17, 15) is 0 Å². The van der Waals surface area contributed by atoms with Crippen LogP contribution >= 0.6 is 0 Å². The standard InChI is InChI=1S/C78H56N2/c1-7-21-57(22-8-1)37-39-59-25-19-27-63(53-59)65-45-51-73-75(55-65)77(61-41-47-71(48-42-61)79(67-29-11-3-12-30-67)68-31-13-4-14-32-68)74-52-46-66(64-28-20-26-60(54-64)40-38-58-23-9-2-10-24-58)56-76(74)78(73)62-43-49-72(50-44-62)80(69-33-15-5-16-34-69)70-35-17-6-18-36-70/h1-56H/b39-37+,40-38+. The fraction of sp³-hybridized carbons (Fsp3) is 0. The van der Waals surface area contributed by atoms with E-state index >= 15 is 0 Å². The highest BCUT2D eigenvalue weighted by Gasteiger charge is 2.21. The van der Waals surface area contributed by atoms with Crippen LogP contribution in [0.3, 0.4) is 0 Å². The van der Waals surface area contributed by atoms with Crippen LogP contribution < -0.4 is 9.80 Å². The van der Waals surface area contributed by atoms with Crippen molar-refractivity contribution < 1.29 is 0 Å². The van der Waals surface area contributed by atoms with Crippen molar-refractivity contribution in [3.05, 3.63) is 338 Å². The van der Waals surface area contributed by atoms with E-state index in [1.54, 1.807) is 0 Å². The summed E-state index contributed by atoms with van der Waals surface area (Å²) in [4.78, 5) is 4.66. The van der Waals surface area contributed by atoms with E-state index in [1.165, 1.54) is 43.8 Å². The maximum absolute atomic E-state index is 2.43. The van der Waals surface area contributed by atoms with Crippen LogP contribution in [0.2, 0.25) is 0 Å². The average molecular weight is 1020 g/mol. The number of rotatable bonds is 14. The molecule has 0 spiro atoms. The summed E-state index contributed by atoms with van der Waals surface area (Å²) < 4.78 is 0. The van der Waals surface area contributed by atoms with Gasteiger partial charge in [-0.25, -0.2) is 0 Å². The van der Waals surface area contributed by atoms with Crippen molar-refractivity contribution >= 4 is 80.0 Å². The van der Waals surface area contributed by atoms with Gasteiger partial charge in [-0.05, 0) is 185 Å². The summed E-state index contributed by atoms with van der Waals surface area (Å²) in [6.07, 6.45) is 8.79. The second-order valence-corrected chi connectivity index (χ2v) is 20.1. The van der Waals surface area contributed by atoms with Crippen LogP contribution in [-0.2, 0) is 0 Å². The van der Waals surface area contributed by atoms with E-state index in [4.69, 9.17) is 0 Å². The highest BCUT2D eigenvalue weighted by molar-refractivity contribution is 6.22. The van der Waals surface area contributed by atoms with Crippen LogP contribution in [0.25, 0.3) is 90.4 Å². The fourth-order valence-corrected chi connectivity index (χ4v) is 11.1. The van der Waals surface area contributed by atoms with Crippen LogP contribution in [0.5, 0.6) is 0 Å². The van der Waals surface area contributed by atoms with Crippen molar-refractivity contribution in [3.8, 4) is 44.5 Å². The summed E-state index contributed by atoms with van der Waals surface area (Å²) in [6, 6.07) is 114. The molecule has 378 valence electrons. The predicted octanol–water partition coefficient (Wildman–Crippen LogP) is 21.9. The van der Waals surface area contributed by atoms with Gasteiger partial charge in [0, 0.05) is 34.1 Å². The molecule has 13 rings (SSSR count). The zero-order valence-corrected chi connectivity index (χ0v) is 44.2. The Bertz CT molecular complexity index is 3930. The quantitative estimate of drug-likeness (QED) is 0.0791. The van der Waals surface area contributed by atoms with Gasteiger partial charge in [0.2, 0.25) is 0 Å². The average Bonchev–Trinajstić information content (AvgIpc) is 3.60. The number of fused-ring (bicyclic) bond motifs is 2. The van der Waals surface area contributed by atoms with Crippen LogP contribution in [0, 0.1) is 0 Å². The molecule has 2 nitrogen and oxygen atoms in total. The van der Waals surface area contributed by atoms with Crippen molar-refractivity contribution in [1.82, 2.24) is 0 Å². The van der Waals surface area contributed by atoms with Crippen LogP contribution in [0.1, 0.15) is 22.3 Å². The normalized spacial score (nSPS) is 11.4. The maximum atomic E-state index is 2.43. The number of para-hydroxylation sites is 4. The van der Waals surface area contributed by atoms with Crippen molar-refractivity contribution in [2.75, 3.05) is 9.80 Å². The molecule has 0 aliphatic rings. The van der Waals surface area contributed by atoms with Gasteiger partial charge >= 0.3 is 0 Å². The number of hydrogen-bond acceptors (Lipinski definition) is 2.